The van der Waals surface area contributed by atoms with Gasteiger partial charge in [0.1, 0.15) is 6.61 Å². The van der Waals surface area contributed by atoms with Crippen molar-refractivity contribution in [3.63, 3.8) is 0 Å². The lowest BCUT2D eigenvalue weighted by Gasteiger charge is -2.15. The minimum absolute atomic E-state index is 0.0764. The van der Waals surface area contributed by atoms with Crippen molar-refractivity contribution in [2.75, 3.05) is 13.2 Å². The van der Waals surface area contributed by atoms with E-state index in [1.54, 1.807) is 0 Å². The number of carbonyl (C=O) groups is 2. The van der Waals surface area contributed by atoms with Gasteiger partial charge in [0, 0.05) is 12.8 Å². The molecule has 0 bridgehead atoms. The summed E-state index contributed by atoms with van der Waals surface area (Å²) in [5.74, 6) is -0.611. The molecule has 0 saturated heterocycles. The smallest absolute Gasteiger partial charge is 0.306 e. The Labute approximate surface area is 382 Å². The predicted octanol–water partition coefficient (Wildman–Crippen LogP) is 17.0. The van der Waals surface area contributed by atoms with Gasteiger partial charge in [-0.15, -0.1) is 0 Å². The molecule has 0 amide bonds. The molecule has 0 spiro atoms. The van der Waals surface area contributed by atoms with Crippen molar-refractivity contribution in [2.24, 2.45) is 0 Å². The first-order valence-electron chi connectivity index (χ1n) is 25.4. The summed E-state index contributed by atoms with van der Waals surface area (Å²) in [7, 11) is 0. The zero-order valence-corrected chi connectivity index (χ0v) is 40.1. The summed E-state index contributed by atoms with van der Waals surface area (Å²) in [6.07, 6.45) is 74.7. The van der Waals surface area contributed by atoms with Crippen molar-refractivity contribution in [3.05, 3.63) is 109 Å². The Morgan fingerprint density at radius 3 is 1.06 bits per heavy atom. The van der Waals surface area contributed by atoms with E-state index in [0.29, 0.717) is 12.8 Å². The van der Waals surface area contributed by atoms with Gasteiger partial charge in [-0.1, -0.05) is 213 Å². The van der Waals surface area contributed by atoms with Gasteiger partial charge in [-0.05, 0) is 103 Å². The number of rotatable bonds is 45. The van der Waals surface area contributed by atoms with Crippen molar-refractivity contribution in [3.8, 4) is 0 Å². The Morgan fingerprint density at radius 2 is 0.694 bits per heavy atom. The Bertz CT molecular complexity index is 1250. The van der Waals surface area contributed by atoms with Gasteiger partial charge in [0.2, 0.25) is 0 Å². The molecule has 1 unspecified atom stereocenters. The number of hydrogen-bond acceptors (Lipinski definition) is 5. The molecule has 0 rings (SSSR count). The van der Waals surface area contributed by atoms with Gasteiger partial charge in [-0.3, -0.25) is 9.59 Å². The van der Waals surface area contributed by atoms with Crippen LogP contribution in [0, 0.1) is 0 Å². The number of aliphatic hydroxyl groups is 1. The van der Waals surface area contributed by atoms with Gasteiger partial charge in [0.15, 0.2) is 6.10 Å². The van der Waals surface area contributed by atoms with E-state index in [1.165, 1.54) is 96.3 Å². The summed E-state index contributed by atoms with van der Waals surface area (Å²) < 4.78 is 10.6. The fourth-order valence-corrected chi connectivity index (χ4v) is 6.74. The molecule has 1 N–H and O–H groups in total. The first kappa shape index (κ1) is 58.6. The lowest BCUT2D eigenvalue weighted by atomic mass is 10.0. The van der Waals surface area contributed by atoms with Crippen LogP contribution >= 0.6 is 0 Å². The fraction of sp³-hybridized carbons (Fsp3) is 0.649. The Kier molecular flexibility index (Phi) is 49.0. The molecule has 352 valence electrons. The minimum Gasteiger partial charge on any atom is -0.462 e. The number of esters is 2. The number of carbonyl (C=O) groups excluding carboxylic acids is 2. The number of unbranched alkanes of at least 4 members (excludes halogenated alkanes) is 19. The molecule has 0 saturated carbocycles. The van der Waals surface area contributed by atoms with E-state index in [-0.39, 0.29) is 25.2 Å². The van der Waals surface area contributed by atoms with Crippen LogP contribution < -0.4 is 0 Å². The van der Waals surface area contributed by atoms with Gasteiger partial charge in [0.05, 0.1) is 6.61 Å². The van der Waals surface area contributed by atoms with Gasteiger partial charge in [-0.2, -0.15) is 0 Å². The van der Waals surface area contributed by atoms with E-state index in [1.807, 2.05) is 0 Å². The Morgan fingerprint density at radius 1 is 0.387 bits per heavy atom. The second-order valence-corrected chi connectivity index (χ2v) is 16.5. The topological polar surface area (TPSA) is 72.8 Å². The maximum atomic E-state index is 12.3. The number of ether oxygens (including phenoxy) is 2. The highest BCUT2D eigenvalue weighted by molar-refractivity contribution is 5.70. The van der Waals surface area contributed by atoms with Crippen LogP contribution in [0.15, 0.2) is 109 Å². The number of hydrogen-bond donors (Lipinski definition) is 1. The largest absolute Gasteiger partial charge is 0.462 e. The SMILES string of the molecule is CC/C=C\C/C=C\C/C=C\C/C=C\C/C=C\C/C=C\C/C=C\C/C=C\CCCCCCCCCCCCC(=O)OC(CO)COC(=O)CCCCCCC/C=C\CCCCCC. The van der Waals surface area contributed by atoms with Crippen LogP contribution in [-0.4, -0.2) is 36.4 Å². The second kappa shape index (κ2) is 51.9. The molecule has 0 aromatic rings. The van der Waals surface area contributed by atoms with E-state index < -0.39 is 6.10 Å². The van der Waals surface area contributed by atoms with E-state index in [9.17, 15) is 14.7 Å². The lowest BCUT2D eigenvalue weighted by Crippen LogP contribution is -2.28. The quantitative estimate of drug-likeness (QED) is 0.0375. The second-order valence-electron chi connectivity index (χ2n) is 16.5. The highest BCUT2D eigenvalue weighted by atomic mass is 16.6. The average Bonchev–Trinajstić information content (AvgIpc) is 3.28. The van der Waals surface area contributed by atoms with E-state index in [4.69, 9.17) is 9.47 Å². The molecule has 5 heteroatoms. The molecule has 0 heterocycles. The van der Waals surface area contributed by atoms with E-state index in [2.05, 4.69) is 123 Å². The Balaban J connectivity index is 3.58. The van der Waals surface area contributed by atoms with Crippen LogP contribution in [0.5, 0.6) is 0 Å². The van der Waals surface area contributed by atoms with Gasteiger partial charge < -0.3 is 14.6 Å². The van der Waals surface area contributed by atoms with E-state index >= 15 is 0 Å². The highest BCUT2D eigenvalue weighted by Gasteiger charge is 2.16. The average molecular weight is 859 g/mol. The van der Waals surface area contributed by atoms with E-state index in [0.717, 1.165) is 96.3 Å². The molecule has 1 atom stereocenters. The van der Waals surface area contributed by atoms with Gasteiger partial charge in [-0.25, -0.2) is 0 Å². The molecule has 62 heavy (non-hydrogen) atoms. The number of aliphatic hydroxyl groups excluding tert-OH is 1. The molecule has 0 aliphatic carbocycles. The zero-order chi connectivity index (χ0) is 44.9. The lowest BCUT2D eigenvalue weighted by molar-refractivity contribution is -0.161. The summed E-state index contributed by atoms with van der Waals surface area (Å²) in [5, 5.41) is 9.60. The van der Waals surface area contributed by atoms with Crippen molar-refractivity contribution < 1.29 is 24.2 Å². The maximum Gasteiger partial charge on any atom is 0.306 e. The molecular weight excluding hydrogens is 765 g/mol. The van der Waals surface area contributed by atoms with Crippen LogP contribution in [-0.2, 0) is 19.1 Å². The summed E-state index contributed by atoms with van der Waals surface area (Å²) in [6, 6.07) is 0. The maximum absolute atomic E-state index is 12.3. The first-order chi connectivity index (χ1) is 30.6. The molecule has 0 aromatic heterocycles. The summed E-state index contributed by atoms with van der Waals surface area (Å²) in [4.78, 5) is 24.4. The fourth-order valence-electron chi connectivity index (χ4n) is 6.74. The Hall–Kier alpha value is -3.44. The molecule has 0 aromatic carbocycles. The summed E-state index contributed by atoms with van der Waals surface area (Å²) >= 11 is 0. The predicted molar refractivity (Wildman–Crippen MR) is 269 cm³/mol. The third-order valence-corrected chi connectivity index (χ3v) is 10.6. The first-order valence-corrected chi connectivity index (χ1v) is 25.4. The van der Waals surface area contributed by atoms with Crippen molar-refractivity contribution >= 4 is 11.9 Å². The minimum atomic E-state index is -0.783. The summed E-state index contributed by atoms with van der Waals surface area (Å²) in [5.41, 5.74) is 0. The van der Waals surface area contributed by atoms with Crippen LogP contribution in [0.1, 0.15) is 219 Å². The monoisotopic (exact) mass is 859 g/mol. The third-order valence-electron chi connectivity index (χ3n) is 10.6. The zero-order valence-electron chi connectivity index (χ0n) is 40.1. The molecular formula is C57H94O5. The molecule has 0 radical (unpaired) electrons. The normalized spacial score (nSPS) is 13.1. The van der Waals surface area contributed by atoms with Crippen LogP contribution in [0.2, 0.25) is 0 Å². The third kappa shape index (κ3) is 49.2. The van der Waals surface area contributed by atoms with Crippen LogP contribution in [0.4, 0.5) is 0 Å². The highest BCUT2D eigenvalue weighted by Crippen LogP contribution is 2.14. The van der Waals surface area contributed by atoms with Crippen LogP contribution in [0.3, 0.4) is 0 Å². The van der Waals surface area contributed by atoms with Gasteiger partial charge in [0.25, 0.3) is 0 Å². The van der Waals surface area contributed by atoms with Crippen molar-refractivity contribution in [1.82, 2.24) is 0 Å². The van der Waals surface area contributed by atoms with Gasteiger partial charge >= 0.3 is 11.9 Å². The van der Waals surface area contributed by atoms with Crippen LogP contribution in [0.25, 0.3) is 0 Å². The standard InChI is InChI=1S/C57H94O5/c1-3-5-7-9-11-13-15-17-18-19-20-21-22-23-24-25-26-27-28-29-30-31-32-33-34-35-36-37-38-40-42-44-46-48-50-52-57(60)62-55(53-58)54-61-56(59)51-49-47-45-43-41-39-16-14-12-10-8-6-4-2/h5,7,11,13-14,16-18,20-21,23-24,26-27,29-30,32-33,55,58H,3-4,6,8-10,12,15,19,22,25,28,31,34-54H2,1-2H3/b7-5-,13-11-,16-14-,18-17-,21-20-,24-23-,27-26-,30-29-,33-32-. The molecule has 5 nitrogen and oxygen atoms in total. The number of allylic oxidation sites excluding steroid dienone is 18. The molecule has 0 aliphatic rings. The molecule has 0 fully saturated rings. The van der Waals surface area contributed by atoms with Crippen molar-refractivity contribution in [2.45, 2.75) is 225 Å². The van der Waals surface area contributed by atoms with Crippen molar-refractivity contribution in [1.29, 1.82) is 0 Å². The summed E-state index contributed by atoms with van der Waals surface area (Å²) in [6.45, 7) is 3.99. The molecule has 0 aliphatic heterocycles.